The van der Waals surface area contributed by atoms with Crippen LogP contribution in [0.15, 0.2) is 42.6 Å². The molecule has 0 unspecified atom stereocenters. The van der Waals surface area contributed by atoms with Crippen LogP contribution in [-0.2, 0) is 17.7 Å². The van der Waals surface area contributed by atoms with Gasteiger partial charge in [-0.15, -0.1) is 0 Å². The van der Waals surface area contributed by atoms with Gasteiger partial charge in [0.1, 0.15) is 28.9 Å². The van der Waals surface area contributed by atoms with Crippen LogP contribution in [0, 0.1) is 11.6 Å². The first-order chi connectivity index (χ1) is 18.0. The first-order valence-corrected chi connectivity index (χ1v) is 12.5. The molecule has 0 aliphatic carbocycles. The maximum atomic E-state index is 14.8. The Morgan fingerprint density at radius 2 is 1.86 bits per heavy atom. The minimum absolute atomic E-state index is 0.0975. The Kier molecular flexibility index (Phi) is 7.57. The summed E-state index contributed by atoms with van der Waals surface area (Å²) >= 11 is 0. The molecule has 1 fully saturated rings. The Hall–Kier alpha value is -3.63. The summed E-state index contributed by atoms with van der Waals surface area (Å²) in [6, 6.07) is 9.84. The van der Waals surface area contributed by atoms with Crippen molar-refractivity contribution >= 4 is 16.7 Å². The van der Waals surface area contributed by atoms with Crippen LogP contribution in [0.3, 0.4) is 0 Å². The van der Waals surface area contributed by atoms with Crippen molar-refractivity contribution in [3.8, 4) is 17.3 Å². The molecule has 0 amide bonds. The molecule has 2 aromatic heterocycles. The second-order valence-corrected chi connectivity index (χ2v) is 8.98. The van der Waals surface area contributed by atoms with Gasteiger partial charge in [-0.05, 0) is 32.4 Å². The van der Waals surface area contributed by atoms with Crippen LogP contribution in [0.4, 0.5) is 14.6 Å². The van der Waals surface area contributed by atoms with E-state index in [4.69, 9.17) is 15.2 Å². The van der Waals surface area contributed by atoms with Crippen molar-refractivity contribution in [1.82, 2.24) is 24.6 Å². The number of rotatable bonds is 9. The van der Waals surface area contributed by atoms with Gasteiger partial charge in [0, 0.05) is 47.9 Å². The molecule has 4 aromatic rings. The summed E-state index contributed by atoms with van der Waals surface area (Å²) in [5.41, 5.74) is 8.31. The van der Waals surface area contributed by atoms with Gasteiger partial charge in [-0.2, -0.15) is 5.10 Å². The van der Waals surface area contributed by atoms with E-state index in [2.05, 4.69) is 20.0 Å². The highest BCUT2D eigenvalue weighted by Gasteiger charge is 2.19. The molecule has 37 heavy (non-hydrogen) atoms. The molecule has 0 bridgehead atoms. The Morgan fingerprint density at radius 3 is 2.59 bits per heavy atom. The van der Waals surface area contributed by atoms with Gasteiger partial charge in [-0.3, -0.25) is 9.58 Å². The SMILES string of the molecule is CCOc1cc(F)c(Cn2nc(-c3ncc(CCCN4CCOCC4)c(N)n3)c3ccccc32)c(F)c1. The van der Waals surface area contributed by atoms with Gasteiger partial charge >= 0.3 is 0 Å². The lowest BCUT2D eigenvalue weighted by molar-refractivity contribution is 0.0374. The van der Waals surface area contributed by atoms with E-state index in [0.29, 0.717) is 29.5 Å². The van der Waals surface area contributed by atoms with Gasteiger partial charge in [0.05, 0.1) is 31.9 Å². The number of hydrogen-bond donors (Lipinski definition) is 1. The van der Waals surface area contributed by atoms with Crippen LogP contribution >= 0.6 is 0 Å². The monoisotopic (exact) mass is 508 g/mol. The number of ether oxygens (including phenoxy) is 2. The Balaban J connectivity index is 1.38. The zero-order chi connectivity index (χ0) is 25.8. The van der Waals surface area contributed by atoms with Gasteiger partial charge in [-0.1, -0.05) is 18.2 Å². The first-order valence-electron chi connectivity index (χ1n) is 12.5. The summed E-state index contributed by atoms with van der Waals surface area (Å²) in [5, 5.41) is 5.41. The van der Waals surface area contributed by atoms with Crippen molar-refractivity contribution in [3.63, 3.8) is 0 Å². The van der Waals surface area contributed by atoms with Crippen molar-refractivity contribution < 1.29 is 18.3 Å². The lowest BCUT2D eigenvalue weighted by Crippen LogP contribution is -2.36. The molecule has 10 heteroatoms. The van der Waals surface area contributed by atoms with Crippen molar-refractivity contribution in [2.24, 2.45) is 0 Å². The fourth-order valence-corrected chi connectivity index (χ4v) is 4.59. The lowest BCUT2D eigenvalue weighted by atomic mass is 10.1. The van der Waals surface area contributed by atoms with Crippen LogP contribution < -0.4 is 10.5 Å². The number of aromatic nitrogens is 4. The van der Waals surface area contributed by atoms with Gasteiger partial charge in [-0.25, -0.2) is 18.7 Å². The predicted octanol–water partition coefficient (Wildman–Crippen LogP) is 4.07. The van der Waals surface area contributed by atoms with E-state index in [0.717, 1.165) is 56.6 Å². The number of fused-ring (bicyclic) bond motifs is 1. The number of nitrogens with zero attached hydrogens (tertiary/aromatic N) is 5. The molecule has 0 saturated carbocycles. The fraction of sp³-hybridized carbons (Fsp3) is 0.370. The molecule has 2 N–H and O–H groups in total. The quantitative estimate of drug-likeness (QED) is 0.365. The van der Waals surface area contributed by atoms with E-state index < -0.39 is 11.6 Å². The Bertz CT molecular complexity index is 1360. The molecule has 5 rings (SSSR count). The van der Waals surface area contributed by atoms with Gasteiger partial charge < -0.3 is 15.2 Å². The van der Waals surface area contributed by atoms with E-state index in [-0.39, 0.29) is 17.9 Å². The fourth-order valence-electron chi connectivity index (χ4n) is 4.59. The van der Waals surface area contributed by atoms with Crippen molar-refractivity contribution in [2.45, 2.75) is 26.3 Å². The molecule has 2 aromatic carbocycles. The second kappa shape index (κ2) is 11.2. The summed E-state index contributed by atoms with van der Waals surface area (Å²) in [7, 11) is 0. The average molecular weight is 509 g/mol. The van der Waals surface area contributed by atoms with Crippen LogP contribution in [0.1, 0.15) is 24.5 Å². The normalized spacial score (nSPS) is 14.4. The van der Waals surface area contributed by atoms with Gasteiger partial charge in [0.2, 0.25) is 0 Å². The molecule has 1 aliphatic rings. The summed E-state index contributed by atoms with van der Waals surface area (Å²) < 4.78 is 41.7. The average Bonchev–Trinajstić information content (AvgIpc) is 3.26. The number of aryl methyl sites for hydroxylation is 1. The Morgan fingerprint density at radius 1 is 1.11 bits per heavy atom. The van der Waals surface area contributed by atoms with E-state index in [1.54, 1.807) is 17.8 Å². The van der Waals surface area contributed by atoms with E-state index in [9.17, 15) is 8.78 Å². The number of halogens is 2. The third-order valence-corrected chi connectivity index (χ3v) is 6.53. The largest absolute Gasteiger partial charge is 0.494 e. The molecule has 8 nitrogen and oxygen atoms in total. The minimum Gasteiger partial charge on any atom is -0.494 e. The van der Waals surface area contributed by atoms with Crippen LogP contribution in [0.25, 0.3) is 22.4 Å². The number of hydrogen-bond acceptors (Lipinski definition) is 7. The number of anilines is 1. The first kappa shape index (κ1) is 25.0. The summed E-state index contributed by atoms with van der Waals surface area (Å²) in [6.45, 7) is 6.40. The standard InChI is InChI=1S/C27H30F2N6O2/c1-2-37-19-14-22(28)21(23(29)15-19)17-35-24-8-4-3-7-20(24)25(33-35)27-31-16-18(26(30)32-27)6-5-9-34-10-12-36-13-11-34/h3-4,7-8,14-16H,2,5-6,9-13,17H2,1H3,(H2,30,31,32). The lowest BCUT2D eigenvalue weighted by Gasteiger charge is -2.26. The topological polar surface area (TPSA) is 91.3 Å². The number of morpholine rings is 1. The van der Waals surface area contributed by atoms with E-state index >= 15 is 0 Å². The van der Waals surface area contributed by atoms with Gasteiger partial charge in [0.25, 0.3) is 0 Å². The zero-order valence-electron chi connectivity index (χ0n) is 20.8. The maximum absolute atomic E-state index is 14.8. The third kappa shape index (κ3) is 5.55. The van der Waals surface area contributed by atoms with Crippen molar-refractivity contribution in [2.75, 3.05) is 45.2 Å². The van der Waals surface area contributed by atoms with Crippen molar-refractivity contribution in [3.05, 3.63) is 65.4 Å². The summed E-state index contributed by atoms with van der Waals surface area (Å²) in [5.74, 6) is -0.439. The molecular formula is C27H30F2N6O2. The number of para-hydroxylation sites is 1. The minimum atomic E-state index is -0.688. The molecule has 0 spiro atoms. The Labute approximate surface area is 214 Å². The van der Waals surface area contributed by atoms with Crippen LogP contribution in [0.2, 0.25) is 0 Å². The van der Waals surface area contributed by atoms with Gasteiger partial charge in [0.15, 0.2) is 5.82 Å². The number of nitrogen functional groups attached to an aromatic ring is 1. The van der Waals surface area contributed by atoms with Crippen molar-refractivity contribution in [1.29, 1.82) is 0 Å². The molecule has 0 atom stereocenters. The summed E-state index contributed by atoms with van der Waals surface area (Å²) in [6.07, 6.45) is 3.47. The highest BCUT2D eigenvalue weighted by Crippen LogP contribution is 2.29. The molecule has 1 saturated heterocycles. The molecular weight excluding hydrogens is 478 g/mol. The van der Waals surface area contributed by atoms with E-state index in [1.807, 2.05) is 24.3 Å². The highest BCUT2D eigenvalue weighted by atomic mass is 19.1. The zero-order valence-corrected chi connectivity index (χ0v) is 20.8. The number of nitrogens with two attached hydrogens (primary N) is 1. The third-order valence-electron chi connectivity index (χ3n) is 6.53. The summed E-state index contributed by atoms with van der Waals surface area (Å²) in [4.78, 5) is 11.5. The second-order valence-electron chi connectivity index (χ2n) is 8.98. The number of benzene rings is 2. The molecule has 1 aliphatic heterocycles. The molecule has 0 radical (unpaired) electrons. The predicted molar refractivity (Wildman–Crippen MR) is 137 cm³/mol. The van der Waals surface area contributed by atoms with Crippen LogP contribution in [0.5, 0.6) is 5.75 Å². The maximum Gasteiger partial charge on any atom is 0.182 e. The molecule has 3 heterocycles. The van der Waals surface area contributed by atoms with Crippen LogP contribution in [-0.4, -0.2) is 64.1 Å². The highest BCUT2D eigenvalue weighted by molar-refractivity contribution is 5.91. The molecule has 194 valence electrons. The van der Waals surface area contributed by atoms with E-state index in [1.165, 1.54) is 12.1 Å². The smallest absolute Gasteiger partial charge is 0.182 e.